The molecule has 1 aromatic heterocycles. The molecule has 6 heteroatoms. The number of aliphatic hydroxyl groups excluding tert-OH is 1. The number of ketones is 1. The van der Waals surface area contributed by atoms with E-state index in [2.05, 4.69) is 0 Å². The Kier molecular flexibility index (Phi) is 4.99. The highest BCUT2D eigenvalue weighted by Crippen LogP contribution is 2.39. The average molecular weight is 391 g/mol. The molecule has 4 rings (SSSR count). The molecule has 1 amide bonds. The highest BCUT2D eigenvalue weighted by molar-refractivity contribution is 6.46. The van der Waals surface area contributed by atoms with E-state index in [4.69, 9.17) is 4.42 Å². The van der Waals surface area contributed by atoms with Gasteiger partial charge in [-0.25, -0.2) is 4.39 Å². The zero-order valence-corrected chi connectivity index (χ0v) is 15.4. The number of halogens is 1. The zero-order valence-electron chi connectivity index (χ0n) is 15.4. The second-order valence-electron chi connectivity index (χ2n) is 6.75. The van der Waals surface area contributed by atoms with E-state index in [0.717, 1.165) is 5.56 Å². The van der Waals surface area contributed by atoms with Crippen LogP contribution >= 0.6 is 0 Å². The molecule has 3 aromatic rings. The van der Waals surface area contributed by atoms with Gasteiger partial charge in [-0.15, -0.1) is 0 Å². The monoisotopic (exact) mass is 391 g/mol. The molecule has 1 aliphatic heterocycles. The van der Waals surface area contributed by atoms with Gasteiger partial charge in [0, 0.05) is 12.1 Å². The molecule has 1 N–H and O–H groups in total. The lowest BCUT2D eigenvalue weighted by Gasteiger charge is -2.23. The smallest absolute Gasteiger partial charge is 0.295 e. The van der Waals surface area contributed by atoms with E-state index in [0.29, 0.717) is 17.7 Å². The van der Waals surface area contributed by atoms with Crippen molar-refractivity contribution >= 4 is 17.4 Å². The number of nitrogens with zero attached hydrogens (tertiary/aromatic N) is 1. The van der Waals surface area contributed by atoms with Crippen LogP contribution in [-0.4, -0.2) is 28.2 Å². The Hall–Kier alpha value is -3.67. The lowest BCUT2D eigenvalue weighted by Crippen LogP contribution is -2.31. The Bertz CT molecular complexity index is 1060. The molecular formula is C23H18FNO4. The van der Waals surface area contributed by atoms with E-state index in [1.165, 1.54) is 23.3 Å². The number of carbonyl (C=O) groups is 2. The lowest BCUT2D eigenvalue weighted by molar-refractivity contribution is -0.140. The fourth-order valence-electron chi connectivity index (χ4n) is 3.51. The van der Waals surface area contributed by atoms with Crippen molar-refractivity contribution in [3.05, 3.63) is 101 Å². The molecule has 1 fully saturated rings. The number of aliphatic hydroxyl groups is 1. The molecule has 1 aliphatic rings. The van der Waals surface area contributed by atoms with Crippen LogP contribution in [-0.2, 0) is 16.0 Å². The maximum atomic E-state index is 13.1. The average Bonchev–Trinajstić information content (AvgIpc) is 3.35. The van der Waals surface area contributed by atoms with E-state index >= 15 is 0 Å². The van der Waals surface area contributed by atoms with Gasteiger partial charge in [-0.2, -0.15) is 0 Å². The number of carbonyl (C=O) groups excluding carboxylic acids is 2. The van der Waals surface area contributed by atoms with Crippen molar-refractivity contribution in [3.63, 3.8) is 0 Å². The minimum Gasteiger partial charge on any atom is -0.507 e. The maximum Gasteiger partial charge on any atom is 0.295 e. The topological polar surface area (TPSA) is 70.8 Å². The summed E-state index contributed by atoms with van der Waals surface area (Å²) in [7, 11) is 0. The van der Waals surface area contributed by atoms with Gasteiger partial charge in [-0.3, -0.25) is 9.59 Å². The first-order chi connectivity index (χ1) is 14.1. The zero-order chi connectivity index (χ0) is 20.4. The number of hydrogen-bond donors (Lipinski definition) is 1. The van der Waals surface area contributed by atoms with Gasteiger partial charge >= 0.3 is 0 Å². The van der Waals surface area contributed by atoms with Crippen LogP contribution in [0.1, 0.15) is 22.9 Å². The number of hydrogen-bond acceptors (Lipinski definition) is 4. The van der Waals surface area contributed by atoms with Gasteiger partial charge in [-0.1, -0.05) is 42.5 Å². The van der Waals surface area contributed by atoms with Crippen molar-refractivity contribution in [1.29, 1.82) is 0 Å². The van der Waals surface area contributed by atoms with Gasteiger partial charge < -0.3 is 14.4 Å². The summed E-state index contributed by atoms with van der Waals surface area (Å²) in [6, 6.07) is 17.1. The Morgan fingerprint density at radius 3 is 2.38 bits per heavy atom. The molecule has 1 saturated heterocycles. The standard InChI is InChI=1S/C23H18FNO4/c24-17-10-8-15(9-11-17)12-13-25-20(18-7-4-14-29-18)19(22(27)23(25)28)21(26)16-5-2-1-3-6-16/h1-11,14,20,26H,12-13H2/b21-19-. The summed E-state index contributed by atoms with van der Waals surface area (Å²) in [6.07, 6.45) is 1.88. The van der Waals surface area contributed by atoms with Crippen molar-refractivity contribution in [3.8, 4) is 0 Å². The second-order valence-corrected chi connectivity index (χ2v) is 6.75. The van der Waals surface area contributed by atoms with Gasteiger partial charge in [0.05, 0.1) is 11.8 Å². The summed E-state index contributed by atoms with van der Waals surface area (Å²) in [4.78, 5) is 26.9. The highest BCUT2D eigenvalue weighted by Gasteiger charge is 2.47. The molecule has 2 aromatic carbocycles. The van der Waals surface area contributed by atoms with Crippen molar-refractivity contribution in [2.24, 2.45) is 0 Å². The summed E-state index contributed by atoms with van der Waals surface area (Å²) in [5.41, 5.74) is 1.27. The molecule has 29 heavy (non-hydrogen) atoms. The molecule has 146 valence electrons. The van der Waals surface area contributed by atoms with Crippen LogP contribution in [0.3, 0.4) is 0 Å². The number of Topliss-reactive ketones (excluding diaryl/α,β-unsaturated/α-hetero) is 1. The van der Waals surface area contributed by atoms with Crippen molar-refractivity contribution in [2.75, 3.05) is 6.54 Å². The first kappa shape index (κ1) is 18.7. The molecule has 0 radical (unpaired) electrons. The molecule has 2 heterocycles. The minimum atomic E-state index is -0.828. The predicted molar refractivity (Wildman–Crippen MR) is 104 cm³/mol. The largest absolute Gasteiger partial charge is 0.507 e. The number of benzene rings is 2. The SMILES string of the molecule is O=C1C(=O)N(CCc2ccc(F)cc2)C(c2ccco2)/C1=C(/O)c1ccccc1. The number of amides is 1. The maximum absolute atomic E-state index is 13.1. The van der Waals surface area contributed by atoms with Crippen LogP contribution in [0.2, 0.25) is 0 Å². The van der Waals surface area contributed by atoms with Gasteiger partial charge in [0.15, 0.2) is 0 Å². The third kappa shape index (κ3) is 3.57. The molecule has 1 atom stereocenters. The van der Waals surface area contributed by atoms with Gasteiger partial charge in [0.25, 0.3) is 11.7 Å². The summed E-state index contributed by atoms with van der Waals surface area (Å²) in [6.45, 7) is 0.215. The summed E-state index contributed by atoms with van der Waals surface area (Å²) < 4.78 is 18.6. The quantitative estimate of drug-likeness (QED) is 0.404. The number of rotatable bonds is 5. The lowest BCUT2D eigenvalue weighted by atomic mass is 9.99. The molecular weight excluding hydrogens is 373 g/mol. The van der Waals surface area contributed by atoms with E-state index < -0.39 is 17.7 Å². The Balaban J connectivity index is 1.72. The molecule has 0 saturated carbocycles. The van der Waals surface area contributed by atoms with Crippen molar-refractivity contribution in [1.82, 2.24) is 4.90 Å². The fraction of sp³-hybridized carbons (Fsp3) is 0.130. The van der Waals surface area contributed by atoms with Crippen LogP contribution < -0.4 is 0 Å². The van der Waals surface area contributed by atoms with E-state index in [1.54, 1.807) is 54.6 Å². The normalized spacial score (nSPS) is 18.4. The third-order valence-electron chi connectivity index (χ3n) is 4.95. The molecule has 0 aliphatic carbocycles. The minimum absolute atomic E-state index is 0.00439. The van der Waals surface area contributed by atoms with E-state index in [9.17, 15) is 19.1 Å². The Morgan fingerprint density at radius 2 is 1.72 bits per heavy atom. The van der Waals surface area contributed by atoms with Crippen LogP contribution in [0, 0.1) is 5.82 Å². The predicted octanol–water partition coefficient (Wildman–Crippen LogP) is 4.08. The summed E-state index contributed by atoms with van der Waals surface area (Å²) >= 11 is 0. The Morgan fingerprint density at radius 1 is 1.00 bits per heavy atom. The van der Waals surface area contributed by atoms with Crippen LogP contribution in [0.15, 0.2) is 83.0 Å². The summed E-state index contributed by atoms with van der Waals surface area (Å²) in [5.74, 6) is -1.65. The number of furan rings is 1. The van der Waals surface area contributed by atoms with E-state index in [-0.39, 0.29) is 23.7 Å². The van der Waals surface area contributed by atoms with Gasteiger partial charge in [0.1, 0.15) is 23.4 Å². The molecule has 5 nitrogen and oxygen atoms in total. The highest BCUT2D eigenvalue weighted by atomic mass is 19.1. The van der Waals surface area contributed by atoms with Crippen LogP contribution in [0.4, 0.5) is 4.39 Å². The van der Waals surface area contributed by atoms with Crippen LogP contribution in [0.5, 0.6) is 0 Å². The Labute approximate surface area is 166 Å². The molecule has 1 unspecified atom stereocenters. The first-order valence-electron chi connectivity index (χ1n) is 9.18. The fourth-order valence-corrected chi connectivity index (χ4v) is 3.51. The van der Waals surface area contributed by atoms with Gasteiger partial charge in [-0.05, 0) is 36.2 Å². The molecule has 0 spiro atoms. The second kappa shape index (κ2) is 7.75. The first-order valence-corrected chi connectivity index (χ1v) is 9.18. The van der Waals surface area contributed by atoms with Crippen molar-refractivity contribution < 1.29 is 23.5 Å². The van der Waals surface area contributed by atoms with Gasteiger partial charge in [0.2, 0.25) is 0 Å². The summed E-state index contributed by atoms with van der Waals surface area (Å²) in [5, 5.41) is 10.8. The van der Waals surface area contributed by atoms with Crippen LogP contribution in [0.25, 0.3) is 5.76 Å². The third-order valence-corrected chi connectivity index (χ3v) is 4.95. The number of likely N-dealkylation sites (tertiary alicyclic amines) is 1. The van der Waals surface area contributed by atoms with E-state index in [1.807, 2.05) is 0 Å². The molecule has 0 bridgehead atoms. The van der Waals surface area contributed by atoms with Crippen molar-refractivity contribution in [2.45, 2.75) is 12.5 Å².